The molecule has 140 valence electrons. The summed E-state index contributed by atoms with van der Waals surface area (Å²) in [5.74, 6) is -2.79. The molecule has 2 N–H and O–H groups in total. The number of aromatic nitrogens is 1. The number of hydrogen-bond acceptors (Lipinski definition) is 7. The van der Waals surface area contributed by atoms with Gasteiger partial charge in [0.05, 0.1) is 28.5 Å². The van der Waals surface area contributed by atoms with Crippen LogP contribution in [0.25, 0.3) is 0 Å². The first-order chi connectivity index (χ1) is 13.5. The molecule has 2 heterocycles. The average Bonchev–Trinajstić information content (AvgIpc) is 3.19. The standard InChI is InChI=1S/C18H12ClN5O2S2/c19-13-4-2-1-3-10(13)15-11(7-20)16(26)24-17(12(15)8-21)28-9-14(25)23-18-22-5-6-27-18/h1-6,11,15H,9H2,(H,24,26)(H,22,23,25)/t11-,15+/m0/s1. The van der Waals surface area contributed by atoms with Gasteiger partial charge in [-0.1, -0.05) is 41.6 Å². The summed E-state index contributed by atoms with van der Waals surface area (Å²) in [4.78, 5) is 28.5. The number of nitrogens with zero attached hydrogens (tertiary/aromatic N) is 3. The molecule has 2 atom stereocenters. The molecule has 1 aliphatic heterocycles. The van der Waals surface area contributed by atoms with E-state index < -0.39 is 17.7 Å². The van der Waals surface area contributed by atoms with Gasteiger partial charge < -0.3 is 10.6 Å². The van der Waals surface area contributed by atoms with Gasteiger partial charge in [0, 0.05) is 22.5 Å². The van der Waals surface area contributed by atoms with Crippen LogP contribution in [0.3, 0.4) is 0 Å². The van der Waals surface area contributed by atoms with Crippen molar-refractivity contribution >= 4 is 51.6 Å². The average molecular weight is 430 g/mol. The number of halogens is 1. The Morgan fingerprint density at radius 3 is 2.82 bits per heavy atom. The van der Waals surface area contributed by atoms with Crippen LogP contribution in [-0.4, -0.2) is 22.6 Å². The third kappa shape index (κ3) is 4.18. The Morgan fingerprint density at radius 2 is 2.18 bits per heavy atom. The molecule has 0 radical (unpaired) electrons. The zero-order chi connectivity index (χ0) is 20.1. The molecular weight excluding hydrogens is 418 g/mol. The molecule has 0 spiro atoms. The van der Waals surface area contributed by atoms with Crippen LogP contribution in [0.1, 0.15) is 11.5 Å². The van der Waals surface area contributed by atoms with E-state index in [2.05, 4.69) is 21.7 Å². The van der Waals surface area contributed by atoms with Gasteiger partial charge in [0.15, 0.2) is 5.13 Å². The first-order valence-corrected chi connectivity index (χ1v) is 10.2. The van der Waals surface area contributed by atoms with Crippen LogP contribution in [0, 0.1) is 28.6 Å². The Balaban J connectivity index is 1.89. The van der Waals surface area contributed by atoms with E-state index in [9.17, 15) is 20.1 Å². The molecule has 0 bridgehead atoms. The van der Waals surface area contributed by atoms with E-state index in [1.54, 1.807) is 35.8 Å². The zero-order valence-corrected chi connectivity index (χ0v) is 16.6. The molecule has 0 unspecified atom stereocenters. The van der Waals surface area contributed by atoms with E-state index in [4.69, 9.17) is 11.6 Å². The second-order valence-electron chi connectivity index (χ2n) is 5.62. The fraction of sp³-hybridized carbons (Fsp3) is 0.167. The highest BCUT2D eigenvalue weighted by Gasteiger charge is 2.40. The summed E-state index contributed by atoms with van der Waals surface area (Å²) < 4.78 is 0. The molecule has 2 amide bonds. The number of thioether (sulfide) groups is 1. The first-order valence-electron chi connectivity index (χ1n) is 7.96. The first kappa shape index (κ1) is 19.9. The third-order valence-electron chi connectivity index (χ3n) is 3.93. The van der Waals surface area contributed by atoms with Crippen LogP contribution in [0.5, 0.6) is 0 Å². The van der Waals surface area contributed by atoms with Crippen molar-refractivity contribution in [3.8, 4) is 12.1 Å². The van der Waals surface area contributed by atoms with Crippen molar-refractivity contribution in [1.29, 1.82) is 10.5 Å². The number of thiazole rings is 1. The maximum atomic E-state index is 12.5. The van der Waals surface area contributed by atoms with Crippen LogP contribution in [0.15, 0.2) is 46.4 Å². The summed E-state index contributed by atoms with van der Waals surface area (Å²) in [7, 11) is 0. The van der Waals surface area contributed by atoms with Crippen molar-refractivity contribution in [2.45, 2.75) is 5.92 Å². The van der Waals surface area contributed by atoms with Crippen LogP contribution in [-0.2, 0) is 9.59 Å². The number of rotatable bonds is 5. The number of anilines is 1. The Labute approximate surface area is 174 Å². The predicted octanol–water partition coefficient (Wildman–Crippen LogP) is 3.26. The van der Waals surface area contributed by atoms with Crippen molar-refractivity contribution in [2.24, 2.45) is 5.92 Å². The Hall–Kier alpha value is -2.85. The summed E-state index contributed by atoms with van der Waals surface area (Å²) in [6, 6.07) is 10.8. The SMILES string of the molecule is N#CC1=C(SCC(=O)Nc2nccs2)NC(=O)[C@@H](C#N)[C@H]1c1ccccc1Cl. The molecule has 0 aliphatic carbocycles. The van der Waals surface area contributed by atoms with Gasteiger partial charge in [-0.05, 0) is 11.6 Å². The van der Waals surface area contributed by atoms with Gasteiger partial charge in [0.2, 0.25) is 11.8 Å². The Kier molecular flexibility index (Phi) is 6.32. The fourth-order valence-corrected chi connectivity index (χ4v) is 4.37. The summed E-state index contributed by atoms with van der Waals surface area (Å²) in [5, 5.41) is 27.2. The second-order valence-corrected chi connectivity index (χ2v) is 7.91. The van der Waals surface area contributed by atoms with Crippen LogP contribution < -0.4 is 10.6 Å². The summed E-state index contributed by atoms with van der Waals surface area (Å²) in [6.07, 6.45) is 1.57. The van der Waals surface area contributed by atoms with Gasteiger partial charge in [-0.25, -0.2) is 4.98 Å². The highest BCUT2D eigenvalue weighted by atomic mass is 35.5. The number of hydrogen-bond donors (Lipinski definition) is 2. The van der Waals surface area contributed by atoms with Crippen LogP contribution in [0.2, 0.25) is 5.02 Å². The molecule has 0 saturated heterocycles. The van der Waals surface area contributed by atoms with E-state index in [-0.39, 0.29) is 22.3 Å². The van der Waals surface area contributed by atoms with Gasteiger partial charge in [0.1, 0.15) is 5.92 Å². The monoisotopic (exact) mass is 429 g/mol. The van der Waals surface area contributed by atoms with E-state index >= 15 is 0 Å². The number of nitrogens with one attached hydrogen (secondary N) is 2. The van der Waals surface area contributed by atoms with E-state index in [1.165, 1.54) is 11.3 Å². The molecule has 28 heavy (non-hydrogen) atoms. The molecule has 1 aromatic heterocycles. The maximum Gasteiger partial charge on any atom is 0.243 e. The largest absolute Gasteiger partial charge is 0.319 e. The molecule has 1 aliphatic rings. The number of benzene rings is 1. The molecule has 0 fully saturated rings. The van der Waals surface area contributed by atoms with Crippen molar-refractivity contribution in [2.75, 3.05) is 11.1 Å². The van der Waals surface area contributed by atoms with Gasteiger partial charge in [-0.15, -0.1) is 11.3 Å². The molecule has 1 aromatic carbocycles. The van der Waals surface area contributed by atoms with Gasteiger partial charge in [-0.2, -0.15) is 10.5 Å². The second kappa shape index (κ2) is 8.89. The fourth-order valence-electron chi connectivity index (χ4n) is 2.72. The van der Waals surface area contributed by atoms with Crippen molar-refractivity contribution in [1.82, 2.24) is 10.3 Å². The molecule has 10 heteroatoms. The Bertz CT molecular complexity index is 1020. The highest BCUT2D eigenvalue weighted by molar-refractivity contribution is 8.03. The van der Waals surface area contributed by atoms with Gasteiger partial charge >= 0.3 is 0 Å². The lowest BCUT2D eigenvalue weighted by Gasteiger charge is -2.29. The van der Waals surface area contributed by atoms with Crippen molar-refractivity contribution < 1.29 is 9.59 Å². The predicted molar refractivity (Wildman–Crippen MR) is 107 cm³/mol. The summed E-state index contributed by atoms with van der Waals surface area (Å²) >= 11 is 8.56. The molecule has 2 aromatic rings. The third-order valence-corrected chi connectivity index (χ3v) is 5.98. The topological polar surface area (TPSA) is 119 Å². The summed E-state index contributed by atoms with van der Waals surface area (Å²) in [6.45, 7) is 0. The maximum absolute atomic E-state index is 12.5. The number of nitriles is 2. The molecule has 0 saturated carbocycles. The van der Waals surface area contributed by atoms with Crippen molar-refractivity contribution in [3.63, 3.8) is 0 Å². The quantitative estimate of drug-likeness (QED) is 0.752. The van der Waals surface area contributed by atoms with E-state index in [0.717, 1.165) is 11.8 Å². The van der Waals surface area contributed by atoms with Crippen LogP contribution in [0.4, 0.5) is 5.13 Å². The van der Waals surface area contributed by atoms with E-state index in [1.807, 2.05) is 6.07 Å². The molecule has 3 rings (SSSR count). The smallest absolute Gasteiger partial charge is 0.243 e. The minimum atomic E-state index is -1.09. The number of allylic oxidation sites excluding steroid dienone is 1. The van der Waals surface area contributed by atoms with Crippen molar-refractivity contribution in [3.05, 3.63) is 57.0 Å². The zero-order valence-electron chi connectivity index (χ0n) is 14.2. The van der Waals surface area contributed by atoms with Crippen LogP contribution >= 0.6 is 34.7 Å². The number of amides is 2. The lowest BCUT2D eigenvalue weighted by Crippen LogP contribution is -2.39. The number of carbonyl (C=O) groups is 2. The van der Waals surface area contributed by atoms with Gasteiger partial charge in [-0.3, -0.25) is 9.59 Å². The summed E-state index contributed by atoms with van der Waals surface area (Å²) in [5.41, 5.74) is 0.721. The lowest BCUT2D eigenvalue weighted by atomic mass is 9.79. The minimum absolute atomic E-state index is 0.0349. The Morgan fingerprint density at radius 1 is 1.39 bits per heavy atom. The minimum Gasteiger partial charge on any atom is -0.319 e. The van der Waals surface area contributed by atoms with Gasteiger partial charge in [0.25, 0.3) is 0 Å². The lowest BCUT2D eigenvalue weighted by molar-refractivity contribution is -0.123. The normalized spacial score (nSPS) is 18.8. The molecular formula is C18H12ClN5O2S2. The highest BCUT2D eigenvalue weighted by Crippen LogP contribution is 2.41. The molecule has 7 nitrogen and oxygen atoms in total. The number of carbonyl (C=O) groups excluding carboxylic acids is 2. The van der Waals surface area contributed by atoms with E-state index in [0.29, 0.717) is 15.7 Å².